The minimum absolute atomic E-state index is 0.109. The zero-order valence-corrected chi connectivity index (χ0v) is 14.6. The van der Waals surface area contributed by atoms with Gasteiger partial charge in [0.05, 0.1) is 23.0 Å². The van der Waals surface area contributed by atoms with E-state index < -0.39 is 0 Å². The van der Waals surface area contributed by atoms with E-state index in [2.05, 4.69) is 10.3 Å². The largest absolute Gasteiger partial charge is 0.463 e. The van der Waals surface area contributed by atoms with Crippen LogP contribution in [-0.4, -0.2) is 16.7 Å². The molecule has 5 nitrogen and oxygen atoms in total. The molecular formula is C22H16N2O3. The summed E-state index contributed by atoms with van der Waals surface area (Å²) in [5.74, 6) is 0.163. The molecule has 1 N–H and O–H groups in total. The Kier molecular flexibility index (Phi) is 4.26. The van der Waals surface area contributed by atoms with Crippen molar-refractivity contribution in [2.24, 2.45) is 0 Å². The number of hydrogen-bond acceptors (Lipinski definition) is 4. The molecule has 0 saturated heterocycles. The number of amides is 1. The summed E-state index contributed by atoms with van der Waals surface area (Å²) in [7, 11) is 0. The Balaban J connectivity index is 1.81. The highest BCUT2D eigenvalue weighted by Gasteiger charge is 2.17. The lowest BCUT2D eigenvalue weighted by molar-refractivity contribution is 0.101. The SMILES string of the molecule is CC(=O)c1ccccc1NC(=O)c1cc(-c2ccco2)nc2ccccc12. The van der Waals surface area contributed by atoms with Crippen molar-refractivity contribution in [1.29, 1.82) is 0 Å². The minimum atomic E-state index is -0.310. The molecule has 0 aliphatic heterocycles. The number of nitrogens with zero attached hydrogens (tertiary/aromatic N) is 1. The summed E-state index contributed by atoms with van der Waals surface area (Å²) in [4.78, 5) is 29.5. The molecule has 132 valence electrons. The van der Waals surface area contributed by atoms with Gasteiger partial charge in [-0.1, -0.05) is 30.3 Å². The number of fused-ring (bicyclic) bond motifs is 1. The first kappa shape index (κ1) is 16.7. The van der Waals surface area contributed by atoms with Gasteiger partial charge in [-0.25, -0.2) is 4.98 Å². The van der Waals surface area contributed by atoms with Crippen LogP contribution in [0.1, 0.15) is 27.6 Å². The van der Waals surface area contributed by atoms with E-state index in [0.29, 0.717) is 33.8 Å². The maximum Gasteiger partial charge on any atom is 0.256 e. The highest BCUT2D eigenvalue weighted by Crippen LogP contribution is 2.26. The number of ketones is 1. The molecule has 2 aromatic heterocycles. The predicted octanol–water partition coefficient (Wildman–Crippen LogP) is 4.95. The molecule has 0 atom stereocenters. The van der Waals surface area contributed by atoms with Gasteiger partial charge in [-0.2, -0.15) is 0 Å². The van der Waals surface area contributed by atoms with E-state index in [1.165, 1.54) is 6.92 Å². The smallest absolute Gasteiger partial charge is 0.256 e. The molecular weight excluding hydrogens is 340 g/mol. The molecule has 0 saturated carbocycles. The fraction of sp³-hybridized carbons (Fsp3) is 0.0455. The van der Waals surface area contributed by atoms with E-state index in [1.54, 1.807) is 48.7 Å². The average molecular weight is 356 g/mol. The van der Waals surface area contributed by atoms with Gasteiger partial charge in [0.2, 0.25) is 0 Å². The Bertz CT molecular complexity index is 1150. The third kappa shape index (κ3) is 3.22. The van der Waals surface area contributed by atoms with Crippen LogP contribution in [0, 0.1) is 0 Å². The van der Waals surface area contributed by atoms with Gasteiger partial charge in [0, 0.05) is 10.9 Å². The fourth-order valence-electron chi connectivity index (χ4n) is 3.00. The lowest BCUT2D eigenvalue weighted by Crippen LogP contribution is -2.15. The number of pyridine rings is 1. The highest BCUT2D eigenvalue weighted by molar-refractivity contribution is 6.15. The van der Waals surface area contributed by atoms with Gasteiger partial charge in [-0.05, 0) is 43.3 Å². The molecule has 0 aliphatic rings. The molecule has 2 heterocycles. The van der Waals surface area contributed by atoms with E-state index in [4.69, 9.17) is 4.42 Å². The third-order valence-corrected chi connectivity index (χ3v) is 4.29. The van der Waals surface area contributed by atoms with E-state index in [9.17, 15) is 9.59 Å². The zero-order chi connectivity index (χ0) is 18.8. The molecule has 4 aromatic rings. The standard InChI is InChI=1S/C22H16N2O3/c1-14(25)15-7-2-4-9-18(15)24-22(26)17-13-20(21-11-6-12-27-21)23-19-10-5-3-8-16(17)19/h2-13H,1H3,(H,24,26). The molecule has 4 rings (SSSR count). The summed E-state index contributed by atoms with van der Waals surface area (Å²) < 4.78 is 5.43. The van der Waals surface area contributed by atoms with Crippen molar-refractivity contribution < 1.29 is 14.0 Å². The van der Waals surface area contributed by atoms with Crippen molar-refractivity contribution in [3.05, 3.63) is 84.1 Å². The van der Waals surface area contributed by atoms with Crippen LogP contribution in [0.4, 0.5) is 5.69 Å². The fourth-order valence-corrected chi connectivity index (χ4v) is 3.00. The Morgan fingerprint density at radius 2 is 1.70 bits per heavy atom. The number of nitrogens with one attached hydrogen (secondary N) is 1. The number of anilines is 1. The van der Waals surface area contributed by atoms with Crippen LogP contribution in [-0.2, 0) is 0 Å². The topological polar surface area (TPSA) is 72.2 Å². The first-order valence-corrected chi connectivity index (χ1v) is 8.48. The van der Waals surface area contributed by atoms with Crippen LogP contribution in [0.5, 0.6) is 0 Å². The summed E-state index contributed by atoms with van der Waals surface area (Å²) in [6.07, 6.45) is 1.56. The first-order chi connectivity index (χ1) is 13.1. The molecule has 0 fully saturated rings. The van der Waals surface area contributed by atoms with E-state index in [-0.39, 0.29) is 11.7 Å². The van der Waals surface area contributed by atoms with Crippen LogP contribution in [0.25, 0.3) is 22.4 Å². The lowest BCUT2D eigenvalue weighted by atomic mass is 10.0. The highest BCUT2D eigenvalue weighted by atomic mass is 16.3. The van der Waals surface area contributed by atoms with Crippen molar-refractivity contribution >= 4 is 28.3 Å². The second kappa shape index (κ2) is 6.88. The first-order valence-electron chi connectivity index (χ1n) is 8.48. The van der Waals surface area contributed by atoms with Crippen LogP contribution in [0.3, 0.4) is 0 Å². The normalized spacial score (nSPS) is 10.7. The molecule has 5 heteroatoms. The van der Waals surface area contributed by atoms with Crippen molar-refractivity contribution in [2.75, 3.05) is 5.32 Å². The predicted molar refractivity (Wildman–Crippen MR) is 104 cm³/mol. The molecule has 0 aliphatic carbocycles. The number of furan rings is 1. The van der Waals surface area contributed by atoms with E-state index in [1.807, 2.05) is 24.3 Å². The summed E-state index contributed by atoms with van der Waals surface area (Å²) >= 11 is 0. The number of aromatic nitrogens is 1. The number of Topliss-reactive ketones (excluding diaryl/α,β-unsaturated/α-hetero) is 1. The van der Waals surface area contributed by atoms with Crippen LogP contribution in [0.15, 0.2) is 77.4 Å². The van der Waals surface area contributed by atoms with Gasteiger partial charge in [-0.3, -0.25) is 9.59 Å². The molecule has 0 spiro atoms. The molecule has 0 radical (unpaired) electrons. The number of rotatable bonds is 4. The van der Waals surface area contributed by atoms with Gasteiger partial charge in [0.25, 0.3) is 5.91 Å². The van der Waals surface area contributed by atoms with Gasteiger partial charge in [-0.15, -0.1) is 0 Å². The van der Waals surface area contributed by atoms with Crippen molar-refractivity contribution in [2.45, 2.75) is 6.92 Å². The average Bonchev–Trinajstić information content (AvgIpc) is 3.22. The molecule has 1 amide bonds. The molecule has 2 aromatic carbocycles. The van der Waals surface area contributed by atoms with Gasteiger partial charge in [0.1, 0.15) is 5.69 Å². The zero-order valence-electron chi connectivity index (χ0n) is 14.6. The second-order valence-corrected chi connectivity index (χ2v) is 6.11. The van der Waals surface area contributed by atoms with E-state index in [0.717, 1.165) is 5.39 Å². The van der Waals surface area contributed by atoms with Crippen LogP contribution >= 0.6 is 0 Å². The van der Waals surface area contributed by atoms with Crippen molar-refractivity contribution in [3.8, 4) is 11.5 Å². The number of carbonyl (C=O) groups excluding carboxylic acids is 2. The maximum absolute atomic E-state index is 13.0. The summed E-state index contributed by atoms with van der Waals surface area (Å²) in [5, 5.41) is 3.58. The summed E-state index contributed by atoms with van der Waals surface area (Å²) in [6, 6.07) is 19.6. The Hall–Kier alpha value is -3.73. The quantitative estimate of drug-likeness (QED) is 0.525. The third-order valence-electron chi connectivity index (χ3n) is 4.29. The molecule has 0 bridgehead atoms. The Morgan fingerprint density at radius 3 is 2.48 bits per heavy atom. The van der Waals surface area contributed by atoms with Crippen LogP contribution in [0.2, 0.25) is 0 Å². The van der Waals surface area contributed by atoms with Gasteiger partial charge >= 0.3 is 0 Å². The Morgan fingerprint density at radius 1 is 0.926 bits per heavy atom. The van der Waals surface area contributed by atoms with E-state index >= 15 is 0 Å². The lowest BCUT2D eigenvalue weighted by Gasteiger charge is -2.11. The van der Waals surface area contributed by atoms with Crippen LogP contribution < -0.4 is 5.32 Å². The van der Waals surface area contributed by atoms with Gasteiger partial charge < -0.3 is 9.73 Å². The molecule has 0 unspecified atom stereocenters. The maximum atomic E-state index is 13.0. The van der Waals surface area contributed by atoms with Crippen molar-refractivity contribution in [1.82, 2.24) is 4.98 Å². The monoisotopic (exact) mass is 356 g/mol. The summed E-state index contributed by atoms with van der Waals surface area (Å²) in [6.45, 7) is 1.47. The second-order valence-electron chi connectivity index (χ2n) is 6.11. The van der Waals surface area contributed by atoms with Crippen molar-refractivity contribution in [3.63, 3.8) is 0 Å². The number of benzene rings is 2. The minimum Gasteiger partial charge on any atom is -0.463 e. The molecule has 27 heavy (non-hydrogen) atoms. The summed E-state index contributed by atoms with van der Waals surface area (Å²) in [5.41, 5.74) is 2.68. The van der Waals surface area contributed by atoms with Gasteiger partial charge in [0.15, 0.2) is 11.5 Å². The number of carbonyl (C=O) groups is 2. The number of hydrogen-bond donors (Lipinski definition) is 1. The number of para-hydroxylation sites is 2. The Labute approximate surface area is 155 Å².